The van der Waals surface area contributed by atoms with Crippen molar-refractivity contribution in [2.75, 3.05) is 13.7 Å². The second-order valence-electron chi connectivity index (χ2n) is 5.64. The van der Waals surface area contributed by atoms with Crippen molar-refractivity contribution in [3.8, 4) is 5.75 Å². The molecule has 0 amide bonds. The fraction of sp³-hybridized carbons (Fsp3) is 0.600. The molecule has 0 saturated carbocycles. The van der Waals surface area contributed by atoms with Gasteiger partial charge in [-0.15, -0.1) is 0 Å². The maximum atomic E-state index is 5.33. The maximum Gasteiger partial charge on any atom is 0.119 e. The molecule has 1 rings (SSSR count). The molecule has 0 aliphatic heterocycles. The van der Waals surface area contributed by atoms with Gasteiger partial charge >= 0.3 is 0 Å². The number of hydrogen-bond acceptors (Lipinski definition) is 2. The number of nitrogens with one attached hydrogen (secondary N) is 1. The molecule has 102 valence electrons. The van der Waals surface area contributed by atoms with Crippen LogP contribution < -0.4 is 10.1 Å². The molecule has 0 aromatic heterocycles. The van der Waals surface area contributed by atoms with E-state index in [1.54, 1.807) is 7.11 Å². The van der Waals surface area contributed by atoms with Crippen molar-refractivity contribution in [2.24, 2.45) is 5.41 Å². The highest BCUT2D eigenvalue weighted by atomic mass is 79.9. The summed E-state index contributed by atoms with van der Waals surface area (Å²) in [7, 11) is 1.71. The van der Waals surface area contributed by atoms with Crippen LogP contribution in [0.2, 0.25) is 0 Å². The van der Waals surface area contributed by atoms with Gasteiger partial charge in [-0.2, -0.15) is 0 Å². The van der Waals surface area contributed by atoms with E-state index in [4.69, 9.17) is 4.74 Å². The Morgan fingerprint density at radius 1 is 1.33 bits per heavy atom. The summed E-state index contributed by atoms with van der Waals surface area (Å²) < 4.78 is 6.46. The number of hydrogen-bond donors (Lipinski definition) is 1. The molecule has 0 spiro atoms. The van der Waals surface area contributed by atoms with Gasteiger partial charge in [0, 0.05) is 10.5 Å². The molecule has 0 heterocycles. The molecule has 0 aliphatic rings. The van der Waals surface area contributed by atoms with Gasteiger partial charge in [0.05, 0.1) is 7.11 Å². The number of halogens is 1. The highest BCUT2D eigenvalue weighted by molar-refractivity contribution is 9.10. The minimum absolute atomic E-state index is 0.157. The second kappa shape index (κ2) is 6.58. The van der Waals surface area contributed by atoms with E-state index in [1.165, 1.54) is 5.56 Å². The van der Waals surface area contributed by atoms with Crippen LogP contribution in [0.1, 0.15) is 45.7 Å². The molecular weight excluding hydrogens is 290 g/mol. The van der Waals surface area contributed by atoms with Crippen LogP contribution in [0.15, 0.2) is 22.7 Å². The van der Waals surface area contributed by atoms with Crippen LogP contribution in [-0.2, 0) is 0 Å². The van der Waals surface area contributed by atoms with Gasteiger partial charge in [0.1, 0.15) is 5.75 Å². The molecule has 0 saturated heterocycles. The third kappa shape index (κ3) is 3.99. The largest absolute Gasteiger partial charge is 0.497 e. The third-order valence-electron chi connectivity index (χ3n) is 2.98. The average molecular weight is 314 g/mol. The first kappa shape index (κ1) is 15.5. The summed E-state index contributed by atoms with van der Waals surface area (Å²) in [5.74, 6) is 0.903. The van der Waals surface area contributed by atoms with Crippen molar-refractivity contribution in [1.29, 1.82) is 0 Å². The summed E-state index contributed by atoms with van der Waals surface area (Å²) in [5, 5.41) is 3.63. The van der Waals surface area contributed by atoms with E-state index in [9.17, 15) is 0 Å². The van der Waals surface area contributed by atoms with Gasteiger partial charge < -0.3 is 10.1 Å². The molecule has 0 aliphatic carbocycles. The standard InChI is InChI=1S/C15H24BrNO/c1-6-9-17-14(15(2,3)4)12-10-11(18-5)7-8-13(12)16/h7-8,10,14,17H,6,9H2,1-5H3. The lowest BCUT2D eigenvalue weighted by Gasteiger charge is -2.33. The quantitative estimate of drug-likeness (QED) is 0.861. The second-order valence-corrected chi connectivity index (χ2v) is 6.49. The SMILES string of the molecule is CCCNC(c1cc(OC)ccc1Br)C(C)(C)C. The maximum absolute atomic E-state index is 5.33. The van der Waals surface area contributed by atoms with Crippen LogP contribution in [0, 0.1) is 5.41 Å². The van der Waals surface area contributed by atoms with Crippen molar-refractivity contribution in [3.63, 3.8) is 0 Å². The minimum atomic E-state index is 0.157. The summed E-state index contributed by atoms with van der Waals surface area (Å²) in [6.45, 7) is 9.98. The molecule has 1 unspecified atom stereocenters. The summed E-state index contributed by atoms with van der Waals surface area (Å²) >= 11 is 3.65. The lowest BCUT2D eigenvalue weighted by atomic mass is 9.82. The zero-order chi connectivity index (χ0) is 13.8. The average Bonchev–Trinajstić information content (AvgIpc) is 2.30. The van der Waals surface area contributed by atoms with Crippen molar-refractivity contribution >= 4 is 15.9 Å². The zero-order valence-corrected chi connectivity index (χ0v) is 13.6. The van der Waals surface area contributed by atoms with Crippen LogP contribution in [0.25, 0.3) is 0 Å². The summed E-state index contributed by atoms with van der Waals surface area (Å²) in [4.78, 5) is 0. The molecule has 1 aromatic carbocycles. The van der Waals surface area contributed by atoms with Gasteiger partial charge in [-0.25, -0.2) is 0 Å². The molecule has 2 nitrogen and oxygen atoms in total. The zero-order valence-electron chi connectivity index (χ0n) is 12.0. The number of ether oxygens (including phenoxy) is 1. The van der Waals surface area contributed by atoms with Gasteiger partial charge in [0.25, 0.3) is 0 Å². The van der Waals surface area contributed by atoms with E-state index in [2.05, 4.69) is 61.1 Å². The molecular formula is C15H24BrNO. The Balaban J connectivity index is 3.11. The normalized spacial score (nSPS) is 13.4. The van der Waals surface area contributed by atoms with E-state index in [-0.39, 0.29) is 5.41 Å². The smallest absolute Gasteiger partial charge is 0.119 e. The highest BCUT2D eigenvalue weighted by Crippen LogP contribution is 2.38. The Bertz CT molecular complexity index is 385. The lowest BCUT2D eigenvalue weighted by Crippen LogP contribution is -2.33. The first-order valence-corrected chi connectivity index (χ1v) is 7.26. The molecule has 0 fully saturated rings. The van der Waals surface area contributed by atoms with Gasteiger partial charge in [-0.1, -0.05) is 43.6 Å². The van der Waals surface area contributed by atoms with Gasteiger partial charge in [-0.3, -0.25) is 0 Å². The molecule has 0 radical (unpaired) electrons. The highest BCUT2D eigenvalue weighted by Gasteiger charge is 2.27. The van der Waals surface area contributed by atoms with Gasteiger partial charge in [0.15, 0.2) is 0 Å². The van der Waals surface area contributed by atoms with E-state index >= 15 is 0 Å². The van der Waals surface area contributed by atoms with E-state index in [0.717, 1.165) is 23.2 Å². The predicted molar refractivity (Wildman–Crippen MR) is 81.2 cm³/mol. The Hall–Kier alpha value is -0.540. The number of methoxy groups -OCH3 is 1. The molecule has 18 heavy (non-hydrogen) atoms. The van der Waals surface area contributed by atoms with Gasteiger partial charge in [0.2, 0.25) is 0 Å². The Morgan fingerprint density at radius 2 is 2.00 bits per heavy atom. The molecule has 3 heteroatoms. The van der Waals surface area contributed by atoms with E-state index in [1.807, 2.05) is 6.07 Å². The Labute approximate surface area is 119 Å². The molecule has 1 N–H and O–H groups in total. The lowest BCUT2D eigenvalue weighted by molar-refractivity contribution is 0.271. The van der Waals surface area contributed by atoms with E-state index in [0.29, 0.717) is 6.04 Å². The van der Waals surface area contributed by atoms with Gasteiger partial charge in [-0.05, 0) is 42.1 Å². The third-order valence-corrected chi connectivity index (χ3v) is 3.70. The van der Waals surface area contributed by atoms with Crippen molar-refractivity contribution < 1.29 is 4.74 Å². The number of benzene rings is 1. The van der Waals surface area contributed by atoms with Crippen LogP contribution in [0.4, 0.5) is 0 Å². The minimum Gasteiger partial charge on any atom is -0.497 e. The fourth-order valence-corrected chi connectivity index (χ4v) is 2.52. The predicted octanol–water partition coefficient (Wildman–Crippen LogP) is 4.54. The molecule has 1 aromatic rings. The first-order chi connectivity index (χ1) is 8.40. The monoisotopic (exact) mass is 313 g/mol. The Kier molecular flexibility index (Phi) is 5.67. The van der Waals surface area contributed by atoms with Crippen LogP contribution in [0.3, 0.4) is 0 Å². The van der Waals surface area contributed by atoms with Crippen molar-refractivity contribution in [2.45, 2.75) is 40.2 Å². The van der Waals surface area contributed by atoms with Crippen molar-refractivity contribution in [1.82, 2.24) is 5.32 Å². The fourth-order valence-electron chi connectivity index (χ4n) is 2.04. The summed E-state index contributed by atoms with van der Waals surface area (Å²) in [6.07, 6.45) is 1.13. The molecule has 1 atom stereocenters. The number of rotatable bonds is 5. The Morgan fingerprint density at radius 3 is 2.50 bits per heavy atom. The van der Waals surface area contributed by atoms with E-state index < -0.39 is 0 Å². The summed E-state index contributed by atoms with van der Waals surface area (Å²) in [6, 6.07) is 6.46. The van der Waals surface area contributed by atoms with Crippen LogP contribution in [0.5, 0.6) is 5.75 Å². The summed E-state index contributed by atoms with van der Waals surface area (Å²) in [5.41, 5.74) is 1.42. The van der Waals surface area contributed by atoms with Crippen LogP contribution in [-0.4, -0.2) is 13.7 Å². The topological polar surface area (TPSA) is 21.3 Å². The molecule has 0 bridgehead atoms. The first-order valence-electron chi connectivity index (χ1n) is 6.47. The van der Waals surface area contributed by atoms with Crippen molar-refractivity contribution in [3.05, 3.63) is 28.2 Å². The van der Waals surface area contributed by atoms with Crippen LogP contribution >= 0.6 is 15.9 Å².